The number of aromatic amines is 1. The Hall–Kier alpha value is -1.80. The van der Waals surface area contributed by atoms with Gasteiger partial charge in [-0.2, -0.15) is 0 Å². The highest BCUT2D eigenvalue weighted by molar-refractivity contribution is 8.00. The molecule has 1 fully saturated rings. The number of hydrogen-bond acceptors (Lipinski definition) is 6. The second kappa shape index (κ2) is 11.1. The number of hydrogen-bond donors (Lipinski definition) is 1. The van der Waals surface area contributed by atoms with E-state index in [-0.39, 0.29) is 5.97 Å². The summed E-state index contributed by atoms with van der Waals surface area (Å²) >= 11 is 15.9. The first kappa shape index (κ1) is 26.3. The van der Waals surface area contributed by atoms with Crippen LogP contribution in [0.5, 0.6) is 0 Å². The average Bonchev–Trinajstić information content (AvgIpc) is 3.30. The van der Waals surface area contributed by atoms with Gasteiger partial charge in [-0.3, -0.25) is 4.79 Å². The maximum atomic E-state index is 13.5. The van der Waals surface area contributed by atoms with Crippen LogP contribution in [0.1, 0.15) is 52.1 Å². The van der Waals surface area contributed by atoms with E-state index in [9.17, 15) is 4.79 Å². The lowest BCUT2D eigenvalue weighted by Gasteiger charge is -2.39. The molecule has 4 rings (SSSR count). The normalized spacial score (nSPS) is 21.2. The molecule has 9 heteroatoms. The van der Waals surface area contributed by atoms with Gasteiger partial charge in [-0.1, -0.05) is 35.3 Å². The van der Waals surface area contributed by atoms with Crippen molar-refractivity contribution in [3.05, 3.63) is 68.5 Å². The Bertz CT molecular complexity index is 1220. The Morgan fingerprint density at radius 1 is 1.23 bits per heavy atom. The predicted molar refractivity (Wildman–Crippen MR) is 145 cm³/mol. The molecule has 0 aliphatic heterocycles. The molecular formula is C26H29Cl2N3O2S2. The molecule has 0 atom stereocenters. The maximum Gasteiger partial charge on any atom is 0.312 e. The summed E-state index contributed by atoms with van der Waals surface area (Å²) in [4.78, 5) is 27.7. The quantitative estimate of drug-likeness (QED) is 0.321. The van der Waals surface area contributed by atoms with Gasteiger partial charge in [0.2, 0.25) is 0 Å². The molecule has 0 amide bonds. The van der Waals surface area contributed by atoms with Crippen molar-refractivity contribution in [2.75, 3.05) is 0 Å². The Morgan fingerprint density at radius 3 is 2.66 bits per heavy atom. The van der Waals surface area contributed by atoms with Crippen LogP contribution < -0.4 is 4.80 Å². The van der Waals surface area contributed by atoms with E-state index in [0.29, 0.717) is 27.5 Å². The van der Waals surface area contributed by atoms with Crippen LogP contribution in [0.25, 0.3) is 0 Å². The summed E-state index contributed by atoms with van der Waals surface area (Å²) in [6.07, 6.45) is 5.56. The number of benzene rings is 1. The van der Waals surface area contributed by atoms with Crippen LogP contribution in [0.15, 0.2) is 57.9 Å². The standard InChI is InChI=1S/C26H29Cl2N3O2S2/c1-25(2,3)33-23(32)26(16-17-6-4-9-21(30-17)31-24-29-14-15-34-24)12-10-18(11-13-26)35-20-8-5-7-19(27)22(20)28/h4-9,14-15,18H,10-13,16H2,1-3H3,(H,29,30,31)/t18-,26-. The number of nitrogens with zero attached hydrogens (tertiary/aromatic N) is 2. The van der Waals surface area contributed by atoms with Crippen LogP contribution in [0.3, 0.4) is 0 Å². The van der Waals surface area contributed by atoms with E-state index in [2.05, 4.69) is 9.98 Å². The molecule has 186 valence electrons. The van der Waals surface area contributed by atoms with Crippen molar-refractivity contribution in [2.24, 2.45) is 10.4 Å². The molecule has 2 heterocycles. The minimum Gasteiger partial charge on any atom is -0.460 e. The predicted octanol–water partition coefficient (Wildman–Crippen LogP) is 7.62. The van der Waals surface area contributed by atoms with Crippen LogP contribution in [-0.4, -0.2) is 26.8 Å². The zero-order valence-corrected chi connectivity index (χ0v) is 23.2. The molecule has 0 spiro atoms. The summed E-state index contributed by atoms with van der Waals surface area (Å²) in [5.41, 5.74) is -0.329. The van der Waals surface area contributed by atoms with E-state index in [1.54, 1.807) is 17.8 Å². The number of aromatic nitrogens is 2. The van der Waals surface area contributed by atoms with Gasteiger partial charge in [0.25, 0.3) is 0 Å². The van der Waals surface area contributed by atoms with E-state index < -0.39 is 11.0 Å². The third-order valence-corrected chi connectivity index (χ3v) is 8.95. The highest BCUT2D eigenvalue weighted by atomic mass is 35.5. The molecule has 1 N–H and O–H groups in total. The number of carbonyl (C=O) groups excluding carboxylic acids is 1. The maximum absolute atomic E-state index is 13.5. The van der Waals surface area contributed by atoms with Crippen LogP contribution in [0.2, 0.25) is 10.0 Å². The number of ether oxygens (including phenoxy) is 1. The monoisotopic (exact) mass is 549 g/mol. The molecule has 0 unspecified atom stereocenters. The molecule has 0 radical (unpaired) electrons. The molecule has 5 nitrogen and oxygen atoms in total. The van der Waals surface area contributed by atoms with Gasteiger partial charge >= 0.3 is 5.97 Å². The van der Waals surface area contributed by atoms with Crippen molar-refractivity contribution in [1.82, 2.24) is 9.97 Å². The molecule has 1 aliphatic carbocycles. The van der Waals surface area contributed by atoms with Crippen molar-refractivity contribution in [2.45, 2.75) is 68.6 Å². The summed E-state index contributed by atoms with van der Waals surface area (Å²) in [5, 5.41) is 3.45. The second-order valence-electron chi connectivity index (χ2n) is 9.80. The van der Waals surface area contributed by atoms with Crippen LogP contribution in [-0.2, 0) is 16.0 Å². The van der Waals surface area contributed by atoms with E-state index >= 15 is 0 Å². The van der Waals surface area contributed by atoms with Crippen molar-refractivity contribution < 1.29 is 9.53 Å². The van der Waals surface area contributed by atoms with Gasteiger partial charge in [-0.25, -0.2) is 9.98 Å². The first-order chi connectivity index (χ1) is 16.6. The summed E-state index contributed by atoms with van der Waals surface area (Å²) in [6, 6.07) is 11.5. The second-order valence-corrected chi connectivity index (χ2v) is 12.8. The molecule has 1 aliphatic rings. The molecule has 35 heavy (non-hydrogen) atoms. The largest absolute Gasteiger partial charge is 0.460 e. The van der Waals surface area contributed by atoms with Gasteiger partial charge in [-0.15, -0.1) is 23.1 Å². The third kappa shape index (κ3) is 6.91. The van der Waals surface area contributed by atoms with Crippen LogP contribution >= 0.6 is 46.3 Å². The number of nitrogens with one attached hydrogen (secondary N) is 1. The molecule has 1 aromatic carbocycles. The molecule has 1 saturated carbocycles. The molecule has 0 saturated heterocycles. The summed E-state index contributed by atoms with van der Waals surface area (Å²) in [6.45, 7) is 5.74. The SMILES string of the molecule is CC(C)(C)OC(=O)[C@]1(Cc2cccc(/N=c3/[nH]ccs3)n2)CC[C@@H](Sc2cccc(Cl)c2Cl)CC1. The molecule has 2 aromatic heterocycles. The zero-order valence-electron chi connectivity index (χ0n) is 20.0. The van der Waals surface area contributed by atoms with Gasteiger partial charge in [0.1, 0.15) is 5.60 Å². The van der Waals surface area contributed by atoms with Gasteiger partial charge < -0.3 is 9.72 Å². The van der Waals surface area contributed by atoms with Gasteiger partial charge in [0.05, 0.1) is 15.5 Å². The number of H-pyrrole nitrogens is 1. The molecule has 0 bridgehead atoms. The van der Waals surface area contributed by atoms with Crippen LogP contribution in [0, 0.1) is 5.41 Å². The summed E-state index contributed by atoms with van der Waals surface area (Å²) < 4.78 is 5.92. The third-order valence-electron chi connectivity index (χ3n) is 5.91. The lowest BCUT2D eigenvalue weighted by Crippen LogP contribution is -2.42. The highest BCUT2D eigenvalue weighted by Crippen LogP contribution is 2.47. The number of thioether (sulfide) groups is 1. The molecule has 3 aromatic rings. The average molecular weight is 551 g/mol. The van der Waals surface area contributed by atoms with Gasteiger partial charge in [0, 0.05) is 33.8 Å². The number of carbonyl (C=O) groups is 1. The first-order valence-electron chi connectivity index (χ1n) is 11.6. The van der Waals surface area contributed by atoms with E-state index in [1.165, 1.54) is 11.3 Å². The van der Waals surface area contributed by atoms with Gasteiger partial charge in [-0.05, 0) is 70.7 Å². The highest BCUT2D eigenvalue weighted by Gasteiger charge is 2.45. The lowest BCUT2D eigenvalue weighted by molar-refractivity contribution is -0.170. The fourth-order valence-electron chi connectivity index (χ4n) is 4.23. The van der Waals surface area contributed by atoms with E-state index in [4.69, 9.17) is 32.9 Å². The smallest absolute Gasteiger partial charge is 0.312 e. The van der Waals surface area contributed by atoms with E-state index in [1.807, 2.05) is 62.7 Å². The van der Waals surface area contributed by atoms with Crippen molar-refractivity contribution in [3.8, 4) is 0 Å². The van der Waals surface area contributed by atoms with Gasteiger partial charge in [0.15, 0.2) is 10.6 Å². The fourth-order valence-corrected chi connectivity index (χ4v) is 6.47. The summed E-state index contributed by atoms with van der Waals surface area (Å²) in [7, 11) is 0. The van der Waals surface area contributed by atoms with Crippen LogP contribution in [0.4, 0.5) is 5.82 Å². The Balaban J connectivity index is 1.54. The fraction of sp³-hybridized carbons (Fsp3) is 0.423. The van der Waals surface area contributed by atoms with Crippen molar-refractivity contribution >= 4 is 58.1 Å². The number of esters is 1. The van der Waals surface area contributed by atoms with E-state index in [0.717, 1.165) is 41.1 Å². The number of thiazole rings is 1. The van der Waals surface area contributed by atoms with Crippen molar-refractivity contribution in [1.29, 1.82) is 0 Å². The topological polar surface area (TPSA) is 67.3 Å². The minimum atomic E-state index is -0.622. The summed E-state index contributed by atoms with van der Waals surface area (Å²) in [5.74, 6) is 0.477. The molecular weight excluding hydrogens is 521 g/mol. The number of halogens is 2. The minimum absolute atomic E-state index is 0.148. The number of rotatable bonds is 6. The Labute approximate surface area is 224 Å². The lowest BCUT2D eigenvalue weighted by atomic mass is 9.70. The van der Waals surface area contributed by atoms with Crippen molar-refractivity contribution in [3.63, 3.8) is 0 Å². The zero-order chi connectivity index (χ0) is 25.1. The first-order valence-corrected chi connectivity index (χ1v) is 14.1. The Kier molecular flexibility index (Phi) is 8.31. The number of pyridine rings is 1. The Morgan fingerprint density at radius 2 is 1.97 bits per heavy atom.